The van der Waals surface area contributed by atoms with Crippen LogP contribution in [0.4, 0.5) is 0 Å². The van der Waals surface area contributed by atoms with Crippen LogP contribution in [0.2, 0.25) is 5.02 Å². The van der Waals surface area contributed by atoms with Crippen LogP contribution in [-0.4, -0.2) is 12.0 Å². The van der Waals surface area contributed by atoms with Crippen LogP contribution in [0.1, 0.15) is 24.4 Å². The molecule has 0 bridgehead atoms. The van der Waals surface area contributed by atoms with Gasteiger partial charge in [0.25, 0.3) is 0 Å². The van der Waals surface area contributed by atoms with Crippen LogP contribution in [0, 0.1) is 6.92 Å². The number of rotatable bonds is 3. The van der Waals surface area contributed by atoms with Crippen LogP contribution in [-0.2, 0) is 0 Å². The smallest absolute Gasteiger partial charge is 0.211 e. The maximum atomic E-state index is 6.09. The van der Waals surface area contributed by atoms with E-state index in [1.54, 1.807) is 6.20 Å². The van der Waals surface area contributed by atoms with E-state index in [4.69, 9.17) is 16.0 Å². The van der Waals surface area contributed by atoms with Gasteiger partial charge in [-0.3, -0.25) is 0 Å². The van der Waals surface area contributed by atoms with Gasteiger partial charge in [-0.15, -0.1) is 0 Å². The molecule has 1 unspecified atom stereocenters. The maximum Gasteiger partial charge on any atom is 0.211 e. The van der Waals surface area contributed by atoms with Crippen LogP contribution in [0.5, 0.6) is 0 Å². The number of aryl methyl sites for hydroxylation is 1. The fraction of sp³-hybridized carbons (Fsp3) is 0.308. The number of nitrogens with one attached hydrogen (secondary N) is 1. The lowest BCUT2D eigenvalue weighted by Crippen LogP contribution is -2.12. The highest BCUT2D eigenvalue weighted by Gasteiger charge is 2.11. The van der Waals surface area contributed by atoms with Gasteiger partial charge in [0.05, 0.1) is 12.2 Å². The second kappa shape index (κ2) is 4.90. The van der Waals surface area contributed by atoms with Gasteiger partial charge in [0.15, 0.2) is 5.76 Å². The van der Waals surface area contributed by atoms with Gasteiger partial charge in [0.2, 0.25) is 5.89 Å². The zero-order valence-corrected chi connectivity index (χ0v) is 10.9. The van der Waals surface area contributed by atoms with E-state index in [9.17, 15) is 0 Å². The molecule has 17 heavy (non-hydrogen) atoms. The first kappa shape index (κ1) is 12.1. The Morgan fingerprint density at radius 2 is 2.18 bits per heavy atom. The molecule has 4 heteroatoms. The van der Waals surface area contributed by atoms with Crippen molar-refractivity contribution in [3.8, 4) is 11.3 Å². The second-order valence-corrected chi connectivity index (χ2v) is 4.44. The molecule has 2 rings (SSSR count). The Hall–Kier alpha value is -1.32. The lowest BCUT2D eigenvalue weighted by molar-refractivity contribution is 0.441. The fourth-order valence-corrected chi connectivity index (χ4v) is 1.67. The standard InChI is InChI=1S/C13H15ClN2O/c1-8-4-5-10(6-11(8)14)12-7-16-13(17-12)9(2)15-3/h4-7,9,15H,1-3H3. The second-order valence-electron chi connectivity index (χ2n) is 4.04. The monoisotopic (exact) mass is 250 g/mol. The molecular formula is C13H15ClN2O. The Morgan fingerprint density at radius 3 is 2.82 bits per heavy atom. The van der Waals surface area contributed by atoms with Gasteiger partial charge >= 0.3 is 0 Å². The predicted octanol–water partition coefficient (Wildman–Crippen LogP) is 3.58. The summed E-state index contributed by atoms with van der Waals surface area (Å²) in [4.78, 5) is 4.24. The number of benzene rings is 1. The Kier molecular flexibility index (Phi) is 3.50. The summed E-state index contributed by atoms with van der Waals surface area (Å²) in [5.74, 6) is 1.42. The van der Waals surface area contributed by atoms with E-state index in [2.05, 4.69) is 10.3 Å². The number of hydrogen-bond acceptors (Lipinski definition) is 3. The number of aromatic nitrogens is 1. The number of hydrogen-bond donors (Lipinski definition) is 1. The van der Waals surface area contributed by atoms with Gasteiger partial charge in [0.1, 0.15) is 0 Å². The van der Waals surface area contributed by atoms with E-state index >= 15 is 0 Å². The molecule has 3 nitrogen and oxygen atoms in total. The molecule has 1 aromatic heterocycles. The molecule has 1 heterocycles. The molecule has 0 aliphatic heterocycles. The van der Waals surface area contributed by atoms with Crippen LogP contribution >= 0.6 is 11.6 Å². The van der Waals surface area contributed by atoms with Gasteiger partial charge in [-0.05, 0) is 32.5 Å². The van der Waals surface area contributed by atoms with Crippen molar-refractivity contribution in [3.05, 3.63) is 40.9 Å². The third kappa shape index (κ3) is 2.51. The first-order chi connectivity index (χ1) is 8.11. The van der Waals surface area contributed by atoms with Crippen molar-refractivity contribution in [3.63, 3.8) is 0 Å². The normalized spacial score (nSPS) is 12.7. The topological polar surface area (TPSA) is 38.1 Å². The number of oxazole rings is 1. The predicted molar refractivity (Wildman–Crippen MR) is 69.2 cm³/mol. The third-order valence-corrected chi connectivity index (χ3v) is 3.19. The lowest BCUT2D eigenvalue weighted by Gasteiger charge is -2.04. The molecule has 0 fully saturated rings. The van der Waals surface area contributed by atoms with Crippen LogP contribution in [0.3, 0.4) is 0 Å². The molecule has 1 aromatic carbocycles. The average Bonchev–Trinajstić information content (AvgIpc) is 2.81. The van der Waals surface area contributed by atoms with Gasteiger partial charge in [-0.1, -0.05) is 23.7 Å². The number of nitrogens with zero attached hydrogens (tertiary/aromatic N) is 1. The molecule has 0 amide bonds. The van der Waals surface area contributed by atoms with Gasteiger partial charge in [-0.2, -0.15) is 0 Å². The third-order valence-electron chi connectivity index (χ3n) is 2.78. The largest absolute Gasteiger partial charge is 0.439 e. The highest BCUT2D eigenvalue weighted by Crippen LogP contribution is 2.27. The zero-order valence-electron chi connectivity index (χ0n) is 10.1. The van der Waals surface area contributed by atoms with Crippen molar-refractivity contribution in [2.75, 3.05) is 7.05 Å². The van der Waals surface area contributed by atoms with E-state index in [1.807, 2.05) is 39.1 Å². The Bertz CT molecular complexity index is 522. The van der Waals surface area contributed by atoms with E-state index in [0.717, 1.165) is 21.9 Å². The SMILES string of the molecule is CNC(C)c1ncc(-c2ccc(C)c(Cl)c2)o1. The Morgan fingerprint density at radius 1 is 1.41 bits per heavy atom. The molecule has 0 saturated heterocycles. The Balaban J connectivity index is 2.33. The fourth-order valence-electron chi connectivity index (χ4n) is 1.49. The number of halogens is 1. The molecule has 0 saturated carbocycles. The Labute approximate surface area is 106 Å². The molecular weight excluding hydrogens is 236 g/mol. The lowest BCUT2D eigenvalue weighted by atomic mass is 10.1. The first-order valence-electron chi connectivity index (χ1n) is 5.51. The van der Waals surface area contributed by atoms with Crippen LogP contribution < -0.4 is 5.32 Å². The minimum atomic E-state index is 0.102. The van der Waals surface area contributed by atoms with Gasteiger partial charge in [-0.25, -0.2) is 4.98 Å². The molecule has 0 aliphatic rings. The molecule has 90 valence electrons. The van der Waals surface area contributed by atoms with Crippen molar-refractivity contribution >= 4 is 11.6 Å². The van der Waals surface area contributed by atoms with Crippen molar-refractivity contribution in [2.45, 2.75) is 19.9 Å². The summed E-state index contributed by atoms with van der Waals surface area (Å²) in [5.41, 5.74) is 2.00. The summed E-state index contributed by atoms with van der Waals surface area (Å²) in [6.07, 6.45) is 1.73. The van der Waals surface area contributed by atoms with E-state index in [-0.39, 0.29) is 6.04 Å². The minimum absolute atomic E-state index is 0.102. The van der Waals surface area contributed by atoms with E-state index in [0.29, 0.717) is 5.89 Å². The van der Waals surface area contributed by atoms with Crippen molar-refractivity contribution in [2.24, 2.45) is 0 Å². The summed E-state index contributed by atoms with van der Waals surface area (Å²) in [5, 5.41) is 3.82. The van der Waals surface area contributed by atoms with Crippen LogP contribution in [0.15, 0.2) is 28.8 Å². The molecule has 1 N–H and O–H groups in total. The van der Waals surface area contributed by atoms with Crippen LogP contribution in [0.25, 0.3) is 11.3 Å². The molecule has 0 aliphatic carbocycles. The highest BCUT2D eigenvalue weighted by atomic mass is 35.5. The zero-order chi connectivity index (χ0) is 12.4. The summed E-state index contributed by atoms with van der Waals surface area (Å²) in [6, 6.07) is 5.95. The summed E-state index contributed by atoms with van der Waals surface area (Å²) in [6.45, 7) is 3.97. The van der Waals surface area contributed by atoms with E-state index in [1.165, 1.54) is 0 Å². The molecule has 1 atom stereocenters. The average molecular weight is 251 g/mol. The first-order valence-corrected chi connectivity index (χ1v) is 5.89. The highest BCUT2D eigenvalue weighted by molar-refractivity contribution is 6.31. The molecule has 2 aromatic rings. The summed E-state index contributed by atoms with van der Waals surface area (Å²) < 4.78 is 5.68. The minimum Gasteiger partial charge on any atom is -0.439 e. The quantitative estimate of drug-likeness (QED) is 0.905. The van der Waals surface area contributed by atoms with Crippen molar-refractivity contribution < 1.29 is 4.42 Å². The maximum absolute atomic E-state index is 6.09. The summed E-state index contributed by atoms with van der Waals surface area (Å²) in [7, 11) is 1.87. The van der Waals surface area contributed by atoms with Gasteiger partial charge < -0.3 is 9.73 Å². The summed E-state index contributed by atoms with van der Waals surface area (Å²) >= 11 is 6.09. The molecule has 0 radical (unpaired) electrons. The van der Waals surface area contributed by atoms with Crippen molar-refractivity contribution in [1.82, 2.24) is 10.3 Å². The molecule has 0 spiro atoms. The van der Waals surface area contributed by atoms with E-state index < -0.39 is 0 Å². The van der Waals surface area contributed by atoms with Gasteiger partial charge in [0, 0.05) is 10.6 Å². The van der Waals surface area contributed by atoms with Crippen molar-refractivity contribution in [1.29, 1.82) is 0 Å².